The second-order valence-electron chi connectivity index (χ2n) is 5.54. The summed E-state index contributed by atoms with van der Waals surface area (Å²) in [4.78, 5) is 12.2. The van der Waals surface area contributed by atoms with Gasteiger partial charge in [0, 0.05) is 23.9 Å². The maximum Gasteiger partial charge on any atom is 0.226 e. The zero-order chi connectivity index (χ0) is 17.0. The highest BCUT2D eigenvalue weighted by atomic mass is 16.5. The fourth-order valence-electron chi connectivity index (χ4n) is 2.57. The number of carbonyl (C=O) groups excluding carboxylic acids is 1. The first-order valence-corrected chi connectivity index (χ1v) is 7.49. The standard InChI is InChI=1S/C17H23N3O3/c1-11-8-12(2)20(19-11)13(3)9-17(21)18-14-6-7-15(22-4)16(10-14)23-5/h6-8,10,13H,9H2,1-5H3,(H,18,21). The number of amides is 1. The summed E-state index contributed by atoms with van der Waals surface area (Å²) >= 11 is 0. The quantitative estimate of drug-likeness (QED) is 0.889. The third-order valence-corrected chi connectivity index (χ3v) is 3.61. The summed E-state index contributed by atoms with van der Waals surface area (Å²) in [6.45, 7) is 5.91. The fourth-order valence-corrected chi connectivity index (χ4v) is 2.57. The molecular formula is C17H23N3O3. The fraction of sp³-hybridized carbons (Fsp3) is 0.412. The first-order valence-electron chi connectivity index (χ1n) is 7.49. The van der Waals surface area contributed by atoms with E-state index in [9.17, 15) is 4.79 Å². The van der Waals surface area contributed by atoms with Crippen LogP contribution in [0.1, 0.15) is 30.8 Å². The van der Waals surface area contributed by atoms with E-state index < -0.39 is 0 Å². The van der Waals surface area contributed by atoms with Gasteiger partial charge in [-0.15, -0.1) is 0 Å². The van der Waals surface area contributed by atoms with Crippen LogP contribution in [0, 0.1) is 13.8 Å². The van der Waals surface area contributed by atoms with Crippen molar-refractivity contribution >= 4 is 11.6 Å². The van der Waals surface area contributed by atoms with Gasteiger partial charge in [0.1, 0.15) is 0 Å². The zero-order valence-electron chi connectivity index (χ0n) is 14.2. The average molecular weight is 317 g/mol. The highest BCUT2D eigenvalue weighted by Crippen LogP contribution is 2.30. The molecule has 1 atom stereocenters. The monoisotopic (exact) mass is 317 g/mol. The van der Waals surface area contributed by atoms with E-state index in [2.05, 4.69) is 10.4 Å². The molecule has 0 spiro atoms. The molecule has 1 aromatic carbocycles. The van der Waals surface area contributed by atoms with Crippen LogP contribution in [0.15, 0.2) is 24.3 Å². The first-order chi connectivity index (χ1) is 10.9. The molecule has 0 saturated carbocycles. The molecule has 2 rings (SSSR count). The summed E-state index contributed by atoms with van der Waals surface area (Å²) in [6, 6.07) is 7.28. The van der Waals surface area contributed by atoms with E-state index in [1.165, 1.54) is 0 Å². The van der Waals surface area contributed by atoms with Crippen LogP contribution < -0.4 is 14.8 Å². The van der Waals surface area contributed by atoms with Gasteiger partial charge in [0.05, 0.1) is 26.0 Å². The maximum atomic E-state index is 12.2. The Balaban J connectivity index is 2.03. The summed E-state index contributed by atoms with van der Waals surface area (Å²) in [7, 11) is 3.14. The SMILES string of the molecule is COc1ccc(NC(=O)CC(C)n2nc(C)cc2C)cc1OC. The molecule has 124 valence electrons. The molecule has 1 aromatic heterocycles. The van der Waals surface area contributed by atoms with E-state index in [4.69, 9.17) is 9.47 Å². The number of nitrogens with zero attached hydrogens (tertiary/aromatic N) is 2. The Morgan fingerprint density at radius 3 is 2.48 bits per heavy atom. The summed E-state index contributed by atoms with van der Waals surface area (Å²) < 4.78 is 12.3. The molecular weight excluding hydrogens is 294 g/mol. The molecule has 6 heteroatoms. The van der Waals surface area contributed by atoms with E-state index in [0.29, 0.717) is 23.6 Å². The van der Waals surface area contributed by atoms with Crippen molar-refractivity contribution in [2.75, 3.05) is 19.5 Å². The third kappa shape index (κ3) is 4.03. The Labute approximate surface area is 136 Å². The molecule has 0 bridgehead atoms. The molecule has 0 aliphatic heterocycles. The van der Waals surface area contributed by atoms with Gasteiger partial charge in [0.15, 0.2) is 11.5 Å². The molecule has 1 amide bonds. The lowest BCUT2D eigenvalue weighted by atomic mass is 10.2. The Kier molecular flexibility index (Phi) is 5.26. The van der Waals surface area contributed by atoms with Crippen LogP contribution in [0.2, 0.25) is 0 Å². The van der Waals surface area contributed by atoms with E-state index in [0.717, 1.165) is 11.4 Å². The molecule has 23 heavy (non-hydrogen) atoms. The number of hydrogen-bond donors (Lipinski definition) is 1. The molecule has 1 N–H and O–H groups in total. The van der Waals surface area contributed by atoms with Gasteiger partial charge < -0.3 is 14.8 Å². The normalized spacial score (nSPS) is 11.9. The molecule has 0 radical (unpaired) electrons. The van der Waals surface area contributed by atoms with Gasteiger partial charge in [-0.1, -0.05) is 0 Å². The lowest BCUT2D eigenvalue weighted by Crippen LogP contribution is -2.19. The summed E-state index contributed by atoms with van der Waals surface area (Å²) in [5, 5.41) is 7.30. The van der Waals surface area contributed by atoms with Crippen LogP contribution in [0.4, 0.5) is 5.69 Å². The van der Waals surface area contributed by atoms with Crippen molar-refractivity contribution in [3.05, 3.63) is 35.7 Å². The predicted octanol–water partition coefficient (Wildman–Crippen LogP) is 3.11. The molecule has 0 saturated heterocycles. The lowest BCUT2D eigenvalue weighted by Gasteiger charge is -2.15. The minimum atomic E-state index is -0.0720. The predicted molar refractivity (Wildman–Crippen MR) is 89.2 cm³/mol. The van der Waals surface area contributed by atoms with Gasteiger partial charge in [-0.3, -0.25) is 9.48 Å². The van der Waals surface area contributed by atoms with Gasteiger partial charge >= 0.3 is 0 Å². The van der Waals surface area contributed by atoms with Crippen LogP contribution in [-0.2, 0) is 4.79 Å². The maximum absolute atomic E-state index is 12.2. The lowest BCUT2D eigenvalue weighted by molar-refractivity contribution is -0.116. The molecule has 1 unspecified atom stereocenters. The third-order valence-electron chi connectivity index (χ3n) is 3.61. The van der Waals surface area contributed by atoms with Gasteiger partial charge in [-0.05, 0) is 39.0 Å². The van der Waals surface area contributed by atoms with Crippen molar-refractivity contribution in [1.82, 2.24) is 9.78 Å². The number of hydrogen-bond acceptors (Lipinski definition) is 4. The number of methoxy groups -OCH3 is 2. The van der Waals surface area contributed by atoms with E-state index >= 15 is 0 Å². The number of rotatable bonds is 6. The van der Waals surface area contributed by atoms with E-state index in [1.807, 2.05) is 31.5 Å². The van der Waals surface area contributed by atoms with Gasteiger partial charge in [0.2, 0.25) is 5.91 Å². The largest absolute Gasteiger partial charge is 0.493 e. The van der Waals surface area contributed by atoms with Crippen molar-refractivity contribution in [2.24, 2.45) is 0 Å². The van der Waals surface area contributed by atoms with Gasteiger partial charge in [-0.25, -0.2) is 0 Å². The highest BCUT2D eigenvalue weighted by molar-refractivity contribution is 5.91. The molecule has 0 aliphatic rings. The van der Waals surface area contributed by atoms with E-state index in [1.54, 1.807) is 32.4 Å². The minimum absolute atomic E-state index is 0.0103. The Morgan fingerprint density at radius 2 is 1.91 bits per heavy atom. The first kappa shape index (κ1) is 16.9. The molecule has 6 nitrogen and oxygen atoms in total. The Morgan fingerprint density at radius 1 is 1.22 bits per heavy atom. The second kappa shape index (κ2) is 7.17. The number of carbonyl (C=O) groups is 1. The topological polar surface area (TPSA) is 65.4 Å². The Bertz CT molecular complexity index is 694. The van der Waals surface area contributed by atoms with Crippen molar-refractivity contribution in [3.63, 3.8) is 0 Å². The van der Waals surface area contributed by atoms with Gasteiger partial charge in [-0.2, -0.15) is 5.10 Å². The Hall–Kier alpha value is -2.50. The number of ether oxygens (including phenoxy) is 2. The summed E-state index contributed by atoms with van der Waals surface area (Å²) in [6.07, 6.45) is 0.344. The van der Waals surface area contributed by atoms with Crippen LogP contribution >= 0.6 is 0 Å². The number of aromatic nitrogens is 2. The minimum Gasteiger partial charge on any atom is -0.493 e. The highest BCUT2D eigenvalue weighted by Gasteiger charge is 2.15. The summed E-state index contributed by atoms with van der Waals surface area (Å²) in [5.41, 5.74) is 2.68. The van der Waals surface area contributed by atoms with Crippen molar-refractivity contribution < 1.29 is 14.3 Å². The van der Waals surface area contributed by atoms with Crippen LogP contribution in [0.25, 0.3) is 0 Å². The van der Waals surface area contributed by atoms with Crippen molar-refractivity contribution in [1.29, 1.82) is 0 Å². The second-order valence-corrected chi connectivity index (χ2v) is 5.54. The molecule has 1 heterocycles. The summed E-state index contributed by atoms with van der Waals surface area (Å²) in [5.74, 6) is 1.13. The molecule has 2 aromatic rings. The number of benzene rings is 1. The van der Waals surface area contributed by atoms with Crippen molar-refractivity contribution in [3.8, 4) is 11.5 Å². The molecule has 0 aliphatic carbocycles. The van der Waals surface area contributed by atoms with E-state index in [-0.39, 0.29) is 11.9 Å². The number of aryl methyl sites for hydroxylation is 2. The van der Waals surface area contributed by atoms with Crippen LogP contribution in [-0.4, -0.2) is 29.9 Å². The van der Waals surface area contributed by atoms with Crippen LogP contribution in [0.3, 0.4) is 0 Å². The average Bonchev–Trinajstić information content (AvgIpc) is 2.85. The van der Waals surface area contributed by atoms with Crippen LogP contribution in [0.5, 0.6) is 11.5 Å². The molecule has 0 fully saturated rings. The van der Waals surface area contributed by atoms with Gasteiger partial charge in [0.25, 0.3) is 0 Å². The smallest absolute Gasteiger partial charge is 0.226 e. The number of nitrogens with one attached hydrogen (secondary N) is 1. The zero-order valence-corrected chi connectivity index (χ0v) is 14.2. The number of anilines is 1. The van der Waals surface area contributed by atoms with Crippen molar-refractivity contribution in [2.45, 2.75) is 33.2 Å².